The number of aromatic nitrogens is 2. The van der Waals surface area contributed by atoms with Gasteiger partial charge in [0.2, 0.25) is 0 Å². The van der Waals surface area contributed by atoms with Gasteiger partial charge in [-0.2, -0.15) is 0 Å². The lowest BCUT2D eigenvalue weighted by atomic mass is 10.2. The molecule has 1 amide bonds. The standard InChI is InChI=1S/C12H12N4O/c1-16(9-3-2-5-14-7-9)12(17)10-8-15-6-4-11(10)13/h2-8H,1H3,(H2,13,15). The van der Waals surface area contributed by atoms with Gasteiger partial charge in [-0.05, 0) is 18.2 Å². The Morgan fingerprint density at radius 2 is 2.00 bits per heavy atom. The summed E-state index contributed by atoms with van der Waals surface area (Å²) in [5.41, 5.74) is 7.25. The van der Waals surface area contributed by atoms with Crippen molar-refractivity contribution in [2.24, 2.45) is 0 Å². The van der Waals surface area contributed by atoms with Crippen LogP contribution in [0.25, 0.3) is 0 Å². The highest BCUT2D eigenvalue weighted by Crippen LogP contribution is 2.16. The predicted octanol–water partition coefficient (Wildman–Crippen LogP) is 1.34. The van der Waals surface area contributed by atoms with E-state index in [1.165, 1.54) is 11.1 Å². The van der Waals surface area contributed by atoms with Crippen molar-refractivity contribution in [3.63, 3.8) is 0 Å². The van der Waals surface area contributed by atoms with Crippen LogP contribution in [0.1, 0.15) is 10.4 Å². The average molecular weight is 228 g/mol. The number of carbonyl (C=O) groups excluding carboxylic acids is 1. The molecule has 0 aliphatic carbocycles. The molecule has 0 aliphatic rings. The minimum Gasteiger partial charge on any atom is -0.398 e. The molecule has 0 saturated carbocycles. The number of nitrogens with zero attached hydrogens (tertiary/aromatic N) is 3. The lowest BCUT2D eigenvalue weighted by molar-refractivity contribution is 0.0993. The first-order valence-electron chi connectivity index (χ1n) is 5.07. The molecule has 2 aromatic heterocycles. The van der Waals surface area contributed by atoms with Crippen LogP contribution in [0.5, 0.6) is 0 Å². The van der Waals surface area contributed by atoms with Gasteiger partial charge >= 0.3 is 0 Å². The molecule has 2 N–H and O–H groups in total. The number of amides is 1. The topological polar surface area (TPSA) is 72.1 Å². The second-order valence-electron chi connectivity index (χ2n) is 3.54. The molecule has 0 aromatic carbocycles. The summed E-state index contributed by atoms with van der Waals surface area (Å²) in [4.78, 5) is 21.5. The molecular weight excluding hydrogens is 216 g/mol. The number of hydrogen-bond acceptors (Lipinski definition) is 4. The molecule has 86 valence electrons. The van der Waals surface area contributed by atoms with Crippen LogP contribution in [0.4, 0.5) is 11.4 Å². The lowest BCUT2D eigenvalue weighted by Crippen LogP contribution is -2.27. The van der Waals surface area contributed by atoms with E-state index in [2.05, 4.69) is 9.97 Å². The van der Waals surface area contributed by atoms with Gasteiger partial charge in [0.05, 0.1) is 17.4 Å². The van der Waals surface area contributed by atoms with E-state index in [4.69, 9.17) is 5.73 Å². The Morgan fingerprint density at radius 3 is 2.65 bits per heavy atom. The maximum absolute atomic E-state index is 12.1. The maximum Gasteiger partial charge on any atom is 0.261 e. The van der Waals surface area contributed by atoms with Crippen LogP contribution in [0.3, 0.4) is 0 Å². The summed E-state index contributed by atoms with van der Waals surface area (Å²) in [6, 6.07) is 5.17. The highest BCUT2D eigenvalue weighted by Gasteiger charge is 2.15. The number of pyridine rings is 2. The van der Waals surface area contributed by atoms with Crippen LogP contribution in [-0.2, 0) is 0 Å². The van der Waals surface area contributed by atoms with Crippen LogP contribution in [0, 0.1) is 0 Å². The number of rotatable bonds is 2. The molecule has 0 fully saturated rings. The second kappa shape index (κ2) is 4.61. The third-order valence-corrected chi connectivity index (χ3v) is 2.42. The van der Waals surface area contributed by atoms with Gasteiger partial charge in [-0.15, -0.1) is 0 Å². The number of carbonyl (C=O) groups is 1. The largest absolute Gasteiger partial charge is 0.398 e. The molecule has 5 heteroatoms. The summed E-state index contributed by atoms with van der Waals surface area (Å²) < 4.78 is 0. The molecular formula is C12H12N4O. The van der Waals surface area contributed by atoms with Gasteiger partial charge < -0.3 is 10.6 Å². The first-order valence-corrected chi connectivity index (χ1v) is 5.07. The maximum atomic E-state index is 12.1. The first kappa shape index (κ1) is 11.1. The quantitative estimate of drug-likeness (QED) is 0.841. The van der Waals surface area contributed by atoms with Gasteiger partial charge in [0.1, 0.15) is 0 Å². The Labute approximate surface area is 98.9 Å². The predicted molar refractivity (Wildman–Crippen MR) is 65.6 cm³/mol. The molecule has 2 heterocycles. The lowest BCUT2D eigenvalue weighted by Gasteiger charge is -2.17. The second-order valence-corrected chi connectivity index (χ2v) is 3.54. The molecule has 0 aliphatic heterocycles. The zero-order valence-electron chi connectivity index (χ0n) is 9.37. The zero-order valence-corrected chi connectivity index (χ0v) is 9.37. The van der Waals surface area contributed by atoms with E-state index in [9.17, 15) is 4.79 Å². The smallest absolute Gasteiger partial charge is 0.261 e. The molecule has 0 atom stereocenters. The molecule has 2 rings (SSSR count). The fourth-order valence-corrected chi connectivity index (χ4v) is 1.43. The Bertz CT molecular complexity index is 527. The van der Waals surface area contributed by atoms with E-state index < -0.39 is 0 Å². The van der Waals surface area contributed by atoms with E-state index in [0.29, 0.717) is 16.9 Å². The van der Waals surface area contributed by atoms with Crippen molar-refractivity contribution < 1.29 is 4.79 Å². The van der Waals surface area contributed by atoms with Gasteiger partial charge in [0.15, 0.2) is 0 Å². The van der Waals surface area contributed by atoms with Gasteiger partial charge in [-0.25, -0.2) is 0 Å². The van der Waals surface area contributed by atoms with E-state index in [0.717, 1.165) is 0 Å². The molecule has 0 unspecified atom stereocenters. The molecule has 5 nitrogen and oxygen atoms in total. The molecule has 0 bridgehead atoms. The summed E-state index contributed by atoms with van der Waals surface area (Å²) in [6.45, 7) is 0. The minimum atomic E-state index is -0.205. The van der Waals surface area contributed by atoms with Gasteiger partial charge in [0, 0.05) is 31.3 Å². The van der Waals surface area contributed by atoms with Gasteiger partial charge in [-0.1, -0.05) is 0 Å². The van der Waals surface area contributed by atoms with Crippen LogP contribution in [-0.4, -0.2) is 22.9 Å². The summed E-state index contributed by atoms with van der Waals surface area (Å²) in [6.07, 6.45) is 6.28. The number of nitrogen functional groups attached to an aromatic ring is 1. The minimum absolute atomic E-state index is 0.205. The van der Waals surface area contributed by atoms with Crippen molar-refractivity contribution in [1.82, 2.24) is 9.97 Å². The third-order valence-electron chi connectivity index (χ3n) is 2.42. The summed E-state index contributed by atoms with van der Waals surface area (Å²) in [5, 5.41) is 0. The van der Waals surface area contributed by atoms with E-state index in [1.807, 2.05) is 0 Å². The Hall–Kier alpha value is -2.43. The molecule has 17 heavy (non-hydrogen) atoms. The molecule has 2 aromatic rings. The Kier molecular flexibility index (Phi) is 3.00. The van der Waals surface area contributed by atoms with Gasteiger partial charge in [-0.3, -0.25) is 14.8 Å². The van der Waals surface area contributed by atoms with E-state index >= 15 is 0 Å². The van der Waals surface area contributed by atoms with Crippen LogP contribution in [0.15, 0.2) is 43.0 Å². The normalized spacial score (nSPS) is 9.94. The first-order chi connectivity index (χ1) is 8.20. The molecule has 0 saturated heterocycles. The van der Waals surface area contributed by atoms with Gasteiger partial charge in [0.25, 0.3) is 5.91 Å². The average Bonchev–Trinajstić information content (AvgIpc) is 2.39. The fraction of sp³-hybridized carbons (Fsp3) is 0.0833. The zero-order chi connectivity index (χ0) is 12.3. The summed E-state index contributed by atoms with van der Waals surface area (Å²) in [7, 11) is 1.67. The van der Waals surface area contributed by atoms with Crippen molar-refractivity contribution in [1.29, 1.82) is 0 Å². The third kappa shape index (κ3) is 2.23. The number of hydrogen-bond donors (Lipinski definition) is 1. The molecule has 0 radical (unpaired) electrons. The van der Waals surface area contributed by atoms with E-state index in [1.54, 1.807) is 43.8 Å². The van der Waals surface area contributed by atoms with Crippen molar-refractivity contribution in [2.75, 3.05) is 17.7 Å². The highest BCUT2D eigenvalue weighted by molar-refractivity contribution is 6.08. The van der Waals surface area contributed by atoms with Crippen molar-refractivity contribution in [3.8, 4) is 0 Å². The summed E-state index contributed by atoms with van der Waals surface area (Å²) >= 11 is 0. The van der Waals surface area contributed by atoms with E-state index in [-0.39, 0.29) is 5.91 Å². The monoisotopic (exact) mass is 228 g/mol. The van der Waals surface area contributed by atoms with Crippen LogP contribution in [0.2, 0.25) is 0 Å². The Morgan fingerprint density at radius 1 is 1.24 bits per heavy atom. The van der Waals surface area contributed by atoms with Crippen molar-refractivity contribution in [2.45, 2.75) is 0 Å². The number of nitrogens with two attached hydrogens (primary N) is 1. The Balaban J connectivity index is 2.30. The van der Waals surface area contributed by atoms with Crippen molar-refractivity contribution in [3.05, 3.63) is 48.5 Å². The van der Waals surface area contributed by atoms with Crippen LogP contribution >= 0.6 is 0 Å². The fourth-order valence-electron chi connectivity index (χ4n) is 1.43. The van der Waals surface area contributed by atoms with Crippen LogP contribution < -0.4 is 10.6 Å². The molecule has 0 spiro atoms. The summed E-state index contributed by atoms with van der Waals surface area (Å²) in [5.74, 6) is -0.205. The SMILES string of the molecule is CN(C(=O)c1cnccc1N)c1cccnc1. The van der Waals surface area contributed by atoms with Crippen molar-refractivity contribution >= 4 is 17.3 Å². The highest BCUT2D eigenvalue weighted by atomic mass is 16.2. The number of anilines is 2.